The molecule has 0 radical (unpaired) electrons. The van der Waals surface area contributed by atoms with Crippen LogP contribution < -0.4 is 0 Å². The Balaban J connectivity index is 1.84. The van der Waals surface area contributed by atoms with Crippen LogP contribution in [-0.4, -0.2) is 0 Å². The molecule has 0 N–H and O–H groups in total. The average Bonchev–Trinajstić information content (AvgIpc) is 2.91. The van der Waals surface area contributed by atoms with Crippen LogP contribution in [0.3, 0.4) is 0 Å². The Kier molecular flexibility index (Phi) is 4.17. The molecule has 3 rings (SSSR count). The van der Waals surface area contributed by atoms with Crippen molar-refractivity contribution in [1.29, 1.82) is 0 Å². The Morgan fingerprint density at radius 2 is 1.65 bits per heavy atom. The van der Waals surface area contributed by atoms with E-state index in [1.807, 2.05) is 11.3 Å². The first-order valence-corrected chi connectivity index (χ1v) is 8.28. The second-order valence-electron chi connectivity index (χ2n) is 5.29. The number of hydrogen-bond acceptors (Lipinski definition) is 1. The molecule has 1 heterocycles. The van der Waals surface area contributed by atoms with Crippen LogP contribution in [0, 0.1) is 0 Å². The minimum absolute atomic E-state index is 1.13. The van der Waals surface area contributed by atoms with Gasteiger partial charge in [0.1, 0.15) is 0 Å². The predicted molar refractivity (Wildman–Crippen MR) is 89.7 cm³/mol. The smallest absolute Gasteiger partial charge is 0.0377 e. The number of thiophene rings is 1. The first-order chi connectivity index (χ1) is 9.88. The van der Waals surface area contributed by atoms with Gasteiger partial charge in [-0.15, -0.1) is 11.3 Å². The van der Waals surface area contributed by atoms with Crippen molar-refractivity contribution in [3.63, 3.8) is 0 Å². The van der Waals surface area contributed by atoms with E-state index in [0.29, 0.717) is 0 Å². The largest absolute Gasteiger partial charge is 0.143 e. The molecule has 0 unspecified atom stereocenters. The number of rotatable bonds is 5. The maximum atomic E-state index is 2.35. The molecule has 0 spiro atoms. The van der Waals surface area contributed by atoms with Gasteiger partial charge in [0, 0.05) is 4.70 Å². The maximum Gasteiger partial charge on any atom is 0.0377 e. The molecule has 2 aromatic carbocycles. The van der Waals surface area contributed by atoms with Gasteiger partial charge in [-0.1, -0.05) is 61.9 Å². The highest BCUT2D eigenvalue weighted by atomic mass is 32.1. The summed E-state index contributed by atoms with van der Waals surface area (Å²) in [4.78, 5) is 0. The van der Waals surface area contributed by atoms with Crippen molar-refractivity contribution in [3.8, 4) is 0 Å². The molecule has 102 valence electrons. The summed E-state index contributed by atoms with van der Waals surface area (Å²) >= 11 is 1.92. The second-order valence-corrected chi connectivity index (χ2v) is 6.17. The van der Waals surface area contributed by atoms with Gasteiger partial charge in [0.05, 0.1) is 0 Å². The lowest BCUT2D eigenvalue weighted by Crippen LogP contribution is -1.90. The van der Waals surface area contributed by atoms with Gasteiger partial charge >= 0.3 is 0 Å². The van der Waals surface area contributed by atoms with E-state index >= 15 is 0 Å². The molecule has 0 aliphatic heterocycles. The van der Waals surface area contributed by atoms with Crippen molar-refractivity contribution in [2.45, 2.75) is 32.6 Å². The topological polar surface area (TPSA) is 0 Å². The highest BCUT2D eigenvalue weighted by molar-refractivity contribution is 7.17. The number of aryl methyl sites for hydroxylation is 3. The van der Waals surface area contributed by atoms with E-state index < -0.39 is 0 Å². The van der Waals surface area contributed by atoms with E-state index in [0.717, 1.165) is 12.8 Å². The lowest BCUT2D eigenvalue weighted by atomic mass is 10.0. The molecule has 0 saturated carbocycles. The maximum absolute atomic E-state index is 2.35. The first kappa shape index (κ1) is 13.4. The lowest BCUT2D eigenvalue weighted by molar-refractivity contribution is 0.930. The first-order valence-electron chi connectivity index (χ1n) is 7.40. The molecule has 20 heavy (non-hydrogen) atoms. The molecular weight excluding hydrogens is 260 g/mol. The third kappa shape index (κ3) is 2.78. The third-order valence-electron chi connectivity index (χ3n) is 3.81. The van der Waals surface area contributed by atoms with Crippen LogP contribution in [0.2, 0.25) is 0 Å². The van der Waals surface area contributed by atoms with Gasteiger partial charge in [-0.05, 0) is 46.7 Å². The van der Waals surface area contributed by atoms with Crippen LogP contribution in [-0.2, 0) is 19.3 Å². The molecule has 0 saturated heterocycles. The quantitative estimate of drug-likeness (QED) is 0.567. The zero-order valence-electron chi connectivity index (χ0n) is 11.9. The fourth-order valence-electron chi connectivity index (χ4n) is 2.75. The monoisotopic (exact) mass is 280 g/mol. The van der Waals surface area contributed by atoms with Crippen LogP contribution in [0.5, 0.6) is 0 Å². The summed E-state index contributed by atoms with van der Waals surface area (Å²) in [5, 5.41) is 3.82. The molecule has 1 heteroatoms. The summed E-state index contributed by atoms with van der Waals surface area (Å²) in [7, 11) is 0. The van der Waals surface area contributed by atoms with Crippen LogP contribution >= 0.6 is 11.3 Å². The molecule has 3 aromatic rings. The summed E-state index contributed by atoms with van der Waals surface area (Å²) in [6.07, 6.45) is 4.68. The highest BCUT2D eigenvalue weighted by Gasteiger charge is 2.07. The van der Waals surface area contributed by atoms with Crippen molar-refractivity contribution in [2.75, 3.05) is 0 Å². The lowest BCUT2D eigenvalue weighted by Gasteiger charge is -2.03. The number of fused-ring (bicyclic) bond motifs is 1. The molecule has 0 amide bonds. The molecule has 0 aliphatic carbocycles. The van der Waals surface area contributed by atoms with E-state index in [1.165, 1.54) is 39.6 Å². The van der Waals surface area contributed by atoms with Crippen LogP contribution in [0.15, 0.2) is 53.9 Å². The third-order valence-corrected chi connectivity index (χ3v) is 4.93. The Labute approximate surface area is 125 Å². The van der Waals surface area contributed by atoms with Gasteiger partial charge < -0.3 is 0 Å². The molecule has 0 fully saturated rings. The Bertz CT molecular complexity index is 679. The molecule has 0 atom stereocenters. The summed E-state index contributed by atoms with van der Waals surface area (Å²) < 4.78 is 1.50. The number of benzene rings is 2. The number of hydrogen-bond donors (Lipinski definition) is 0. The molecule has 0 aliphatic rings. The van der Waals surface area contributed by atoms with Gasteiger partial charge in [0.2, 0.25) is 0 Å². The highest BCUT2D eigenvalue weighted by Crippen LogP contribution is 2.30. The summed E-state index contributed by atoms with van der Waals surface area (Å²) in [5.41, 5.74) is 4.45. The fraction of sp³-hybridized carbons (Fsp3) is 0.263. The minimum Gasteiger partial charge on any atom is -0.143 e. The zero-order valence-corrected chi connectivity index (χ0v) is 12.7. The molecule has 1 aromatic heterocycles. The Morgan fingerprint density at radius 3 is 2.45 bits per heavy atom. The predicted octanol–water partition coefficient (Wildman–Crippen LogP) is 5.64. The Hall–Kier alpha value is -1.60. The van der Waals surface area contributed by atoms with E-state index in [-0.39, 0.29) is 0 Å². The van der Waals surface area contributed by atoms with Crippen LogP contribution in [0.25, 0.3) is 10.1 Å². The van der Waals surface area contributed by atoms with E-state index in [2.05, 4.69) is 60.8 Å². The van der Waals surface area contributed by atoms with Crippen LogP contribution in [0.4, 0.5) is 0 Å². The van der Waals surface area contributed by atoms with Gasteiger partial charge in [-0.25, -0.2) is 0 Å². The second kappa shape index (κ2) is 6.23. The Morgan fingerprint density at radius 1 is 0.800 bits per heavy atom. The molecular formula is C19H20S. The minimum atomic E-state index is 1.13. The molecule has 0 bridgehead atoms. The van der Waals surface area contributed by atoms with Gasteiger partial charge in [0.15, 0.2) is 0 Å². The van der Waals surface area contributed by atoms with Crippen molar-refractivity contribution in [3.05, 3.63) is 70.6 Å². The van der Waals surface area contributed by atoms with Crippen LogP contribution in [0.1, 0.15) is 30.0 Å². The summed E-state index contributed by atoms with van der Waals surface area (Å²) in [6.45, 7) is 2.25. The van der Waals surface area contributed by atoms with Crippen molar-refractivity contribution in [1.82, 2.24) is 0 Å². The van der Waals surface area contributed by atoms with E-state index in [4.69, 9.17) is 0 Å². The van der Waals surface area contributed by atoms with Crippen molar-refractivity contribution in [2.24, 2.45) is 0 Å². The average molecular weight is 280 g/mol. The standard InChI is InChI=1S/C19H20S/c1-2-7-16-10-6-11-18-17(14-20-19(16)18)13-12-15-8-4-3-5-9-15/h3-6,8-11,14H,2,7,12-13H2,1H3. The summed E-state index contributed by atoms with van der Waals surface area (Å²) in [5.74, 6) is 0. The SMILES string of the molecule is CCCc1cccc2c(CCc3ccccc3)csc12. The van der Waals surface area contributed by atoms with Gasteiger partial charge in [-0.3, -0.25) is 0 Å². The molecule has 0 nitrogen and oxygen atoms in total. The van der Waals surface area contributed by atoms with E-state index in [1.54, 1.807) is 0 Å². The fourth-order valence-corrected chi connectivity index (χ4v) is 3.91. The van der Waals surface area contributed by atoms with Gasteiger partial charge in [-0.2, -0.15) is 0 Å². The summed E-state index contributed by atoms with van der Waals surface area (Å²) in [6, 6.07) is 17.6. The van der Waals surface area contributed by atoms with Crippen molar-refractivity contribution < 1.29 is 0 Å². The normalized spacial score (nSPS) is 11.1. The zero-order chi connectivity index (χ0) is 13.8. The van der Waals surface area contributed by atoms with Crippen molar-refractivity contribution >= 4 is 21.4 Å². The van der Waals surface area contributed by atoms with Gasteiger partial charge in [0.25, 0.3) is 0 Å². The van der Waals surface area contributed by atoms with E-state index in [9.17, 15) is 0 Å².